The van der Waals surface area contributed by atoms with E-state index >= 15 is 0 Å². The summed E-state index contributed by atoms with van der Waals surface area (Å²) < 4.78 is 113. The van der Waals surface area contributed by atoms with Crippen molar-refractivity contribution in [1.82, 2.24) is 0 Å². The summed E-state index contributed by atoms with van der Waals surface area (Å²) in [4.78, 5) is 0. The highest BCUT2D eigenvalue weighted by molar-refractivity contribution is 7.80. The molecule has 0 amide bonds. The van der Waals surface area contributed by atoms with Gasteiger partial charge in [0.1, 0.15) is 122 Å². The van der Waals surface area contributed by atoms with E-state index in [2.05, 4.69) is 40.3 Å². The molecule has 96 heavy (non-hydrogen) atoms. The summed E-state index contributed by atoms with van der Waals surface area (Å²) in [6.07, 6.45) is -46.8. The maximum Gasteiger partial charge on any atom is 0.397 e. The van der Waals surface area contributed by atoms with Crippen molar-refractivity contribution < 1.29 is 156 Å². The van der Waals surface area contributed by atoms with E-state index in [0.29, 0.717) is 32.1 Å². The van der Waals surface area contributed by atoms with E-state index in [9.17, 15) is 94.7 Å². The monoisotopic (exact) mass is 1400 g/mol. The normalized spacial score (nSPS) is 51.6. The van der Waals surface area contributed by atoms with Gasteiger partial charge in [0.2, 0.25) is 0 Å². The Labute approximate surface area is 557 Å². The van der Waals surface area contributed by atoms with Crippen molar-refractivity contribution in [3.8, 4) is 0 Å². The van der Waals surface area contributed by atoms with Crippen LogP contribution in [0.1, 0.15) is 113 Å². The van der Waals surface area contributed by atoms with Crippen LogP contribution in [0.25, 0.3) is 0 Å². The minimum absolute atomic E-state index is 0.0581. The number of aliphatic hydroxyl groups is 16. The number of ether oxygens (including phenoxy) is 12. The largest absolute Gasteiger partial charge is 0.397 e. The number of hydrogen-bond donors (Lipinski definition) is 17. The minimum atomic E-state index is -4.90. The van der Waals surface area contributed by atoms with Gasteiger partial charge in [0.05, 0.1) is 55.9 Å². The fourth-order valence-corrected chi connectivity index (χ4v) is 17.6. The van der Waals surface area contributed by atoms with Crippen LogP contribution in [-0.4, -0.2) is 310 Å². The van der Waals surface area contributed by atoms with Gasteiger partial charge in [-0.05, 0) is 126 Å². The first kappa shape index (κ1) is 76.9. The standard InChI is InChI=1S/C63H104O32S/c1-23(2)24(3)12-17-63(9,79)37-11-10-30-29-19-33(32-18-28(95-96(80,81)82)13-15-61(32,7)31(29)14-16-62(30,37)8)87-57-49(77)52(40(68)26(5)85-57)92-59-53(93-55-47(75)44(72)38(66)25(4)84-55)43(71)36(22-83-59)90-60-54(46(74)42(70)35(21-65)89-60)94-58-50(78)51(39(67)27(6)86-58)91-56-48(76)45(73)41(69)34(20-64)88-56/h14,23,25-30,32-60,64-79H,3,10-13,15-22H2,1-2,4-9H3,(H,80,81,82). The second-order valence-corrected chi connectivity index (χ2v) is 30.5. The topological polar surface area (TPSA) is 498 Å². The molecule has 0 radical (unpaired) electrons. The molecule has 0 aromatic carbocycles. The van der Waals surface area contributed by atoms with E-state index in [0.717, 1.165) is 18.4 Å². The quantitative estimate of drug-likeness (QED) is 0.0386. The van der Waals surface area contributed by atoms with E-state index in [1.165, 1.54) is 26.3 Å². The first-order valence-electron chi connectivity index (χ1n) is 33.6. The van der Waals surface area contributed by atoms with Crippen molar-refractivity contribution in [1.29, 1.82) is 0 Å². The van der Waals surface area contributed by atoms with Crippen LogP contribution in [0.2, 0.25) is 0 Å². The predicted molar refractivity (Wildman–Crippen MR) is 322 cm³/mol. The zero-order chi connectivity index (χ0) is 70.3. The number of fused-ring (bicyclic) bond motifs is 5. The summed E-state index contributed by atoms with van der Waals surface area (Å²) >= 11 is 0. The Kier molecular flexibility index (Phi) is 24.1. The van der Waals surface area contributed by atoms with Crippen molar-refractivity contribution in [3.63, 3.8) is 0 Å². The van der Waals surface area contributed by atoms with Gasteiger partial charge in [0, 0.05) is 0 Å². The molecule has 17 N–H and O–H groups in total. The number of aliphatic hydroxyl groups excluding tert-OH is 15. The highest BCUT2D eigenvalue weighted by Crippen LogP contribution is 2.68. The summed E-state index contributed by atoms with van der Waals surface area (Å²) in [5.74, 6) is -0.390. The Balaban J connectivity index is 0.902. The lowest BCUT2D eigenvalue weighted by molar-refractivity contribution is -0.402. The Morgan fingerprint density at radius 2 is 1.07 bits per heavy atom. The summed E-state index contributed by atoms with van der Waals surface area (Å²) in [6.45, 7) is 16.3. The van der Waals surface area contributed by atoms with Crippen molar-refractivity contribution >= 4 is 10.4 Å². The predicted octanol–water partition coefficient (Wildman–Crippen LogP) is -3.87. The van der Waals surface area contributed by atoms with Gasteiger partial charge in [0.15, 0.2) is 37.7 Å². The van der Waals surface area contributed by atoms with Gasteiger partial charge < -0.3 is 139 Å². The minimum Gasteiger partial charge on any atom is -0.394 e. The highest BCUT2D eigenvalue weighted by Gasteiger charge is 2.64. The maximum atomic E-state index is 12.5. The lowest BCUT2D eigenvalue weighted by Crippen LogP contribution is -2.67. The molecule has 10 aliphatic rings. The van der Waals surface area contributed by atoms with E-state index in [1.807, 2.05) is 6.92 Å². The summed E-state index contributed by atoms with van der Waals surface area (Å²) in [6, 6.07) is 0. The molecule has 6 heterocycles. The van der Waals surface area contributed by atoms with Crippen LogP contribution in [0.5, 0.6) is 0 Å². The van der Waals surface area contributed by atoms with Gasteiger partial charge in [-0.15, -0.1) is 0 Å². The molecule has 0 spiro atoms. The van der Waals surface area contributed by atoms with Crippen LogP contribution >= 0.6 is 0 Å². The molecule has 0 aromatic rings. The SMILES string of the molecule is C=C(CCC(C)(O)C1CCC2C3CC(OC4OC(C)C(O)C(OC5OCC(OC6OC(CO)C(O)C(O)C6OC6OC(C)C(O)C(OC7OC(CO)C(O)C(O)C7O)C6O)C(O)C5OC5OC(C)C(O)C(O)C5O)C4O)C4CC(OS(=O)(=O)O)CCC4(C)C3=CCC21C)C(C)C. The average molecular weight is 1410 g/mol. The van der Waals surface area contributed by atoms with Crippen LogP contribution in [0.3, 0.4) is 0 Å². The third-order valence-electron chi connectivity index (χ3n) is 23.0. The third-order valence-corrected chi connectivity index (χ3v) is 23.5. The molecule has 32 nitrogen and oxygen atoms in total. The lowest BCUT2D eigenvalue weighted by atomic mass is 9.47. The first-order chi connectivity index (χ1) is 44.9. The molecule has 10 rings (SSSR count). The fourth-order valence-electron chi connectivity index (χ4n) is 17.1. The molecule has 6 saturated heterocycles. The Morgan fingerprint density at radius 3 is 1.65 bits per heavy atom. The summed E-state index contributed by atoms with van der Waals surface area (Å²) in [7, 11) is -4.90. The molecule has 6 aliphatic heterocycles. The Hall–Kier alpha value is -1.77. The molecule has 38 atom stereocenters. The second-order valence-electron chi connectivity index (χ2n) is 29.5. The van der Waals surface area contributed by atoms with Gasteiger partial charge in [-0.2, -0.15) is 8.42 Å². The molecule has 0 aromatic heterocycles. The first-order valence-corrected chi connectivity index (χ1v) is 35.0. The summed E-state index contributed by atoms with van der Waals surface area (Å²) in [5.41, 5.74) is 0.209. The molecule has 3 saturated carbocycles. The van der Waals surface area contributed by atoms with Gasteiger partial charge in [-0.3, -0.25) is 4.55 Å². The molecule has 554 valence electrons. The lowest BCUT2D eigenvalue weighted by Gasteiger charge is -2.60. The van der Waals surface area contributed by atoms with E-state index < -0.39 is 237 Å². The van der Waals surface area contributed by atoms with Gasteiger partial charge in [-0.1, -0.05) is 51.5 Å². The zero-order valence-electron chi connectivity index (χ0n) is 55.2. The smallest absolute Gasteiger partial charge is 0.394 e. The molecule has 38 unspecified atom stereocenters. The van der Waals surface area contributed by atoms with Crippen molar-refractivity contribution in [3.05, 3.63) is 23.8 Å². The van der Waals surface area contributed by atoms with E-state index in [-0.39, 0.29) is 41.9 Å². The molecule has 4 aliphatic carbocycles. The van der Waals surface area contributed by atoms with Gasteiger partial charge in [0.25, 0.3) is 0 Å². The second kappa shape index (κ2) is 30.1. The zero-order valence-corrected chi connectivity index (χ0v) is 56.0. The van der Waals surface area contributed by atoms with Crippen molar-refractivity contribution in [2.24, 2.45) is 40.4 Å². The number of allylic oxidation sites excluding steroid dienone is 3. The van der Waals surface area contributed by atoms with Crippen LogP contribution in [0.15, 0.2) is 23.8 Å². The maximum absolute atomic E-state index is 12.5. The molecule has 33 heteroatoms. The van der Waals surface area contributed by atoms with Crippen LogP contribution in [0, 0.1) is 40.4 Å². The van der Waals surface area contributed by atoms with E-state index in [4.69, 9.17) is 61.0 Å². The Bertz CT molecular complexity index is 2750. The van der Waals surface area contributed by atoms with Gasteiger partial charge >= 0.3 is 10.4 Å². The number of hydrogen-bond acceptors (Lipinski definition) is 31. The van der Waals surface area contributed by atoms with Gasteiger partial charge in [-0.25, -0.2) is 4.18 Å². The summed E-state index contributed by atoms with van der Waals surface area (Å²) in [5, 5.41) is 179. The molecule has 9 fully saturated rings. The fraction of sp³-hybridized carbons (Fsp3) is 0.937. The molecular formula is C63H104O32S. The Morgan fingerprint density at radius 1 is 0.583 bits per heavy atom. The average Bonchev–Trinajstić information content (AvgIpc) is 1.31. The van der Waals surface area contributed by atoms with Crippen LogP contribution < -0.4 is 0 Å². The molecular weight excluding hydrogens is 1300 g/mol. The molecule has 0 bridgehead atoms. The van der Waals surface area contributed by atoms with Crippen LogP contribution in [0.4, 0.5) is 0 Å². The van der Waals surface area contributed by atoms with Crippen LogP contribution in [-0.2, 0) is 71.4 Å². The van der Waals surface area contributed by atoms with Crippen molar-refractivity contribution in [2.45, 2.75) is 309 Å². The van der Waals surface area contributed by atoms with E-state index in [1.54, 1.807) is 0 Å². The van der Waals surface area contributed by atoms with Crippen molar-refractivity contribution in [2.75, 3.05) is 19.8 Å². The third kappa shape index (κ3) is 15.1. The highest BCUT2D eigenvalue weighted by atomic mass is 32.3. The number of rotatable bonds is 21.